The molecule has 2 heteroatoms. The molecule has 0 saturated heterocycles. The molecule has 0 amide bonds. The zero-order chi connectivity index (χ0) is 26.6. The summed E-state index contributed by atoms with van der Waals surface area (Å²) in [4.78, 5) is 2.34. The Morgan fingerprint density at radius 2 is 0.925 bits per heavy atom. The van der Waals surface area contributed by atoms with Crippen molar-refractivity contribution in [1.29, 1.82) is 0 Å². The zero-order valence-electron chi connectivity index (χ0n) is 22.4. The van der Waals surface area contributed by atoms with Gasteiger partial charge >= 0.3 is 0 Å². The van der Waals surface area contributed by atoms with Gasteiger partial charge in [-0.25, -0.2) is 0 Å². The van der Waals surface area contributed by atoms with Crippen molar-refractivity contribution < 1.29 is 0 Å². The average molecular weight is 513 g/mol. The highest BCUT2D eigenvalue weighted by atomic mass is 15.1. The molecule has 0 N–H and O–H groups in total. The van der Waals surface area contributed by atoms with E-state index in [2.05, 4.69) is 156 Å². The summed E-state index contributed by atoms with van der Waals surface area (Å²) in [5, 5.41) is 10.4. The smallest absolute Gasteiger partial charge is 0.0497 e. The third-order valence-corrected chi connectivity index (χ3v) is 8.32. The van der Waals surface area contributed by atoms with Gasteiger partial charge in [-0.3, -0.25) is 0 Å². The molecule has 0 atom stereocenters. The summed E-state index contributed by atoms with van der Waals surface area (Å²) < 4.78 is 2.45. The lowest BCUT2D eigenvalue weighted by molar-refractivity contribution is 0.827. The van der Waals surface area contributed by atoms with Crippen LogP contribution in [0, 0.1) is 0 Å². The lowest BCUT2D eigenvalue weighted by atomic mass is 9.92. The monoisotopic (exact) mass is 512 g/mol. The minimum Gasteiger partial charge on any atom is -0.341 e. The highest BCUT2D eigenvalue weighted by Gasteiger charge is 2.17. The third-order valence-electron chi connectivity index (χ3n) is 8.32. The van der Waals surface area contributed by atoms with E-state index in [0.29, 0.717) is 0 Å². The van der Waals surface area contributed by atoms with Gasteiger partial charge in [0.1, 0.15) is 0 Å². The second-order valence-corrected chi connectivity index (χ2v) is 10.5. The molecular weight excluding hydrogens is 484 g/mol. The molecule has 0 unspecified atom stereocenters. The Morgan fingerprint density at radius 3 is 1.57 bits per heavy atom. The third kappa shape index (κ3) is 3.36. The van der Waals surface area contributed by atoms with Gasteiger partial charge in [0.05, 0.1) is 0 Å². The van der Waals surface area contributed by atoms with Crippen molar-refractivity contribution in [3.8, 4) is 0 Å². The standard InChI is InChI=1S/C38H28N2/c1-2-39-37-20-12-11-19-32(37)36-24-34-31-22-21-28(40(26-13-5-3-6-14-26)27-15-7-4-8-16-27)23-33(31)29-17-9-10-18-30(29)35(34)25-38(36)39/h3-25H,2H2,1H3. The molecule has 7 aromatic carbocycles. The Morgan fingerprint density at radius 1 is 0.400 bits per heavy atom. The number of anilines is 3. The summed E-state index contributed by atoms with van der Waals surface area (Å²) in [5.74, 6) is 0. The molecule has 0 aliphatic heterocycles. The van der Waals surface area contributed by atoms with Gasteiger partial charge < -0.3 is 9.47 Å². The fourth-order valence-corrected chi connectivity index (χ4v) is 6.56. The molecule has 40 heavy (non-hydrogen) atoms. The molecule has 8 aromatic rings. The molecule has 1 aromatic heterocycles. The van der Waals surface area contributed by atoms with E-state index in [1.54, 1.807) is 0 Å². The fraction of sp³-hybridized carbons (Fsp3) is 0.0526. The normalized spacial score (nSPS) is 11.7. The van der Waals surface area contributed by atoms with Crippen molar-refractivity contribution in [2.75, 3.05) is 4.90 Å². The van der Waals surface area contributed by atoms with Gasteiger partial charge in [0.25, 0.3) is 0 Å². The molecule has 0 spiro atoms. The molecule has 0 bridgehead atoms. The Kier molecular flexibility index (Phi) is 5.14. The molecule has 8 rings (SSSR count). The Balaban J connectivity index is 1.47. The van der Waals surface area contributed by atoms with Gasteiger partial charge in [0.2, 0.25) is 0 Å². The maximum atomic E-state index is 2.45. The Bertz CT molecular complexity index is 2150. The lowest BCUT2D eigenvalue weighted by Crippen LogP contribution is -2.09. The summed E-state index contributed by atoms with van der Waals surface area (Å²) in [6.45, 7) is 3.18. The van der Waals surface area contributed by atoms with Crippen LogP contribution in [0.1, 0.15) is 6.92 Å². The van der Waals surface area contributed by atoms with E-state index >= 15 is 0 Å². The second-order valence-electron chi connectivity index (χ2n) is 10.5. The summed E-state index contributed by atoms with van der Waals surface area (Å²) in [7, 11) is 0. The second kappa shape index (κ2) is 9.00. The minimum absolute atomic E-state index is 0.944. The molecule has 0 fully saturated rings. The SMILES string of the molecule is CCn1c2ccccc2c2cc3c4ccc(N(c5ccccc5)c5ccccc5)cc4c4ccccc4c3cc21. The Hall–Kier alpha value is -5.08. The van der Waals surface area contributed by atoms with Crippen LogP contribution in [0.15, 0.2) is 140 Å². The van der Waals surface area contributed by atoms with Crippen LogP contribution in [0.3, 0.4) is 0 Å². The van der Waals surface area contributed by atoms with E-state index in [-0.39, 0.29) is 0 Å². The number of rotatable bonds is 4. The van der Waals surface area contributed by atoms with Crippen molar-refractivity contribution in [2.45, 2.75) is 13.5 Å². The van der Waals surface area contributed by atoms with E-state index in [4.69, 9.17) is 0 Å². The molecule has 0 saturated carbocycles. The first kappa shape index (κ1) is 22.9. The first-order valence-corrected chi connectivity index (χ1v) is 14.0. The quantitative estimate of drug-likeness (QED) is 0.213. The maximum absolute atomic E-state index is 2.45. The maximum Gasteiger partial charge on any atom is 0.0497 e. The number of nitrogens with zero attached hydrogens (tertiary/aromatic N) is 2. The van der Waals surface area contributed by atoms with Gasteiger partial charge in [-0.05, 0) is 93.8 Å². The summed E-state index contributed by atoms with van der Waals surface area (Å²) in [6.07, 6.45) is 0. The molecule has 0 aliphatic carbocycles. The molecule has 190 valence electrons. The summed E-state index contributed by atoms with van der Waals surface area (Å²) >= 11 is 0. The van der Waals surface area contributed by atoms with Crippen LogP contribution in [0.25, 0.3) is 54.1 Å². The number of fused-ring (bicyclic) bond motifs is 9. The number of aromatic nitrogens is 1. The Labute approximate surface area is 233 Å². The van der Waals surface area contributed by atoms with E-state index in [0.717, 1.165) is 23.6 Å². The molecule has 0 radical (unpaired) electrons. The van der Waals surface area contributed by atoms with Crippen molar-refractivity contribution in [3.05, 3.63) is 140 Å². The van der Waals surface area contributed by atoms with E-state index in [9.17, 15) is 0 Å². The number of hydrogen-bond acceptors (Lipinski definition) is 1. The van der Waals surface area contributed by atoms with Gasteiger partial charge in [0, 0.05) is 45.4 Å². The van der Waals surface area contributed by atoms with E-state index < -0.39 is 0 Å². The van der Waals surface area contributed by atoms with Crippen LogP contribution in [0.2, 0.25) is 0 Å². The summed E-state index contributed by atoms with van der Waals surface area (Å²) in [6, 6.07) is 50.8. The molecular formula is C38H28N2. The molecule has 0 aliphatic rings. The van der Waals surface area contributed by atoms with Crippen LogP contribution >= 0.6 is 0 Å². The number of aryl methyl sites for hydroxylation is 1. The summed E-state index contributed by atoms with van der Waals surface area (Å²) in [5.41, 5.74) is 6.04. The highest BCUT2D eigenvalue weighted by Crippen LogP contribution is 2.42. The van der Waals surface area contributed by atoms with Crippen molar-refractivity contribution in [3.63, 3.8) is 0 Å². The van der Waals surface area contributed by atoms with Gasteiger partial charge in [-0.2, -0.15) is 0 Å². The van der Waals surface area contributed by atoms with Gasteiger partial charge in [-0.1, -0.05) is 84.9 Å². The van der Waals surface area contributed by atoms with Gasteiger partial charge in [-0.15, -0.1) is 0 Å². The predicted octanol–water partition coefficient (Wildman–Crippen LogP) is 10.7. The topological polar surface area (TPSA) is 8.17 Å². The van der Waals surface area contributed by atoms with E-state index in [1.165, 1.54) is 54.1 Å². The first-order valence-electron chi connectivity index (χ1n) is 14.0. The predicted molar refractivity (Wildman–Crippen MR) is 172 cm³/mol. The molecule has 1 heterocycles. The van der Waals surface area contributed by atoms with Crippen LogP contribution in [-0.2, 0) is 6.54 Å². The molecule has 2 nitrogen and oxygen atoms in total. The van der Waals surface area contributed by atoms with Crippen LogP contribution in [-0.4, -0.2) is 4.57 Å². The minimum atomic E-state index is 0.944. The number of para-hydroxylation sites is 3. The first-order chi connectivity index (χ1) is 19.8. The largest absolute Gasteiger partial charge is 0.341 e. The number of benzene rings is 7. The van der Waals surface area contributed by atoms with Crippen LogP contribution in [0.5, 0.6) is 0 Å². The van der Waals surface area contributed by atoms with Crippen molar-refractivity contribution in [2.24, 2.45) is 0 Å². The number of hydrogen-bond donors (Lipinski definition) is 0. The lowest BCUT2D eigenvalue weighted by Gasteiger charge is -2.26. The fourth-order valence-electron chi connectivity index (χ4n) is 6.56. The van der Waals surface area contributed by atoms with Crippen LogP contribution in [0.4, 0.5) is 17.1 Å². The average Bonchev–Trinajstić information content (AvgIpc) is 3.34. The van der Waals surface area contributed by atoms with Gasteiger partial charge in [0.15, 0.2) is 0 Å². The highest BCUT2D eigenvalue weighted by molar-refractivity contribution is 6.29. The van der Waals surface area contributed by atoms with E-state index in [1.807, 2.05) is 0 Å². The van der Waals surface area contributed by atoms with Crippen LogP contribution < -0.4 is 4.90 Å². The van der Waals surface area contributed by atoms with Crippen molar-refractivity contribution >= 4 is 71.2 Å². The zero-order valence-corrected chi connectivity index (χ0v) is 22.4. The van der Waals surface area contributed by atoms with Crippen molar-refractivity contribution in [1.82, 2.24) is 4.57 Å².